The maximum Gasteiger partial charge on any atom is 0.00960 e. The van der Waals surface area contributed by atoms with Gasteiger partial charge in [-0.05, 0) is 63.6 Å². The van der Waals surface area contributed by atoms with Crippen LogP contribution in [0.2, 0.25) is 0 Å². The van der Waals surface area contributed by atoms with Crippen molar-refractivity contribution in [3.63, 3.8) is 0 Å². The molecular formula is C12H24N2. The van der Waals surface area contributed by atoms with Gasteiger partial charge in [0.2, 0.25) is 0 Å². The van der Waals surface area contributed by atoms with E-state index in [0.717, 1.165) is 17.9 Å². The van der Waals surface area contributed by atoms with E-state index < -0.39 is 0 Å². The summed E-state index contributed by atoms with van der Waals surface area (Å²) in [5, 5.41) is 7.24. The molecule has 0 aromatic carbocycles. The van der Waals surface area contributed by atoms with E-state index >= 15 is 0 Å². The number of nitrogens with one attached hydrogen (secondary N) is 2. The van der Waals surface area contributed by atoms with Crippen LogP contribution >= 0.6 is 0 Å². The topological polar surface area (TPSA) is 24.1 Å². The Hall–Kier alpha value is -0.0800. The quantitative estimate of drug-likeness (QED) is 0.668. The highest BCUT2D eigenvalue weighted by Gasteiger charge is 2.25. The molecular weight excluding hydrogens is 172 g/mol. The average Bonchev–Trinajstić information content (AvgIpc) is 2.47. The molecule has 2 N–H and O–H groups in total. The van der Waals surface area contributed by atoms with Crippen LogP contribution in [-0.2, 0) is 0 Å². The third-order valence-electron chi connectivity index (χ3n) is 3.89. The van der Waals surface area contributed by atoms with E-state index in [1.54, 1.807) is 0 Å². The molecule has 2 saturated heterocycles. The van der Waals surface area contributed by atoms with E-state index in [1.807, 2.05) is 0 Å². The summed E-state index contributed by atoms with van der Waals surface area (Å²) >= 11 is 0. The molecule has 0 aromatic heterocycles. The van der Waals surface area contributed by atoms with Crippen molar-refractivity contribution >= 4 is 0 Å². The summed E-state index contributed by atoms with van der Waals surface area (Å²) < 4.78 is 0. The Labute approximate surface area is 87.8 Å². The van der Waals surface area contributed by atoms with Crippen molar-refractivity contribution in [3.8, 4) is 0 Å². The van der Waals surface area contributed by atoms with Gasteiger partial charge in [0.25, 0.3) is 0 Å². The van der Waals surface area contributed by atoms with E-state index in [4.69, 9.17) is 0 Å². The standard InChI is InChI=1S/C12H24N2/c1-10-4-5-12(14-9-10)11-3-2-7-13-8-6-11/h10-14H,2-9H2,1H3. The number of piperidine rings is 1. The minimum atomic E-state index is 0.825. The van der Waals surface area contributed by atoms with Gasteiger partial charge in [-0.25, -0.2) is 0 Å². The lowest BCUT2D eigenvalue weighted by atomic mass is 9.84. The second-order valence-electron chi connectivity index (χ2n) is 5.14. The number of hydrogen-bond donors (Lipinski definition) is 2. The molecule has 2 aliphatic heterocycles. The van der Waals surface area contributed by atoms with Gasteiger partial charge in [-0.2, -0.15) is 0 Å². The highest BCUT2D eigenvalue weighted by Crippen LogP contribution is 2.25. The first-order valence-corrected chi connectivity index (χ1v) is 6.30. The summed E-state index contributed by atoms with van der Waals surface area (Å²) in [6.07, 6.45) is 7.02. The van der Waals surface area contributed by atoms with E-state index in [-0.39, 0.29) is 0 Å². The van der Waals surface area contributed by atoms with Crippen molar-refractivity contribution in [2.75, 3.05) is 19.6 Å². The zero-order valence-corrected chi connectivity index (χ0v) is 9.39. The fourth-order valence-corrected chi connectivity index (χ4v) is 2.87. The molecule has 2 aliphatic rings. The lowest BCUT2D eigenvalue weighted by molar-refractivity contribution is 0.240. The van der Waals surface area contributed by atoms with Crippen molar-refractivity contribution in [1.29, 1.82) is 0 Å². The predicted molar refractivity (Wildman–Crippen MR) is 60.4 cm³/mol. The van der Waals surface area contributed by atoms with E-state index in [1.165, 1.54) is 51.7 Å². The van der Waals surface area contributed by atoms with Crippen molar-refractivity contribution in [2.45, 2.75) is 45.1 Å². The molecule has 3 unspecified atom stereocenters. The Morgan fingerprint density at radius 2 is 1.93 bits per heavy atom. The molecule has 0 amide bonds. The van der Waals surface area contributed by atoms with Crippen LogP contribution in [0.4, 0.5) is 0 Å². The Morgan fingerprint density at radius 1 is 1.00 bits per heavy atom. The van der Waals surface area contributed by atoms with Crippen LogP contribution in [0.25, 0.3) is 0 Å². The van der Waals surface area contributed by atoms with Gasteiger partial charge in [-0.15, -0.1) is 0 Å². The Bertz CT molecular complexity index is 154. The molecule has 14 heavy (non-hydrogen) atoms. The minimum absolute atomic E-state index is 0.825. The molecule has 0 spiro atoms. The highest BCUT2D eigenvalue weighted by atomic mass is 14.9. The van der Waals surface area contributed by atoms with Crippen LogP contribution in [0.1, 0.15) is 39.0 Å². The summed E-state index contributed by atoms with van der Waals surface area (Å²) in [6.45, 7) is 6.07. The van der Waals surface area contributed by atoms with Crippen LogP contribution in [0.3, 0.4) is 0 Å². The van der Waals surface area contributed by atoms with Gasteiger partial charge in [-0.1, -0.05) is 6.92 Å². The summed E-state index contributed by atoms with van der Waals surface area (Å²) in [6, 6.07) is 0.825. The zero-order valence-electron chi connectivity index (χ0n) is 9.39. The monoisotopic (exact) mass is 196 g/mol. The average molecular weight is 196 g/mol. The molecule has 3 atom stereocenters. The van der Waals surface area contributed by atoms with Gasteiger partial charge in [0.15, 0.2) is 0 Å². The molecule has 2 heterocycles. The Morgan fingerprint density at radius 3 is 2.71 bits per heavy atom. The van der Waals surface area contributed by atoms with Crippen LogP contribution in [0, 0.1) is 11.8 Å². The molecule has 0 radical (unpaired) electrons. The summed E-state index contributed by atoms with van der Waals surface area (Å²) in [4.78, 5) is 0. The molecule has 0 aromatic rings. The maximum absolute atomic E-state index is 3.74. The Balaban J connectivity index is 1.81. The predicted octanol–water partition coefficient (Wildman–Crippen LogP) is 1.76. The SMILES string of the molecule is CC1CCC(C2CCCNCC2)NC1. The lowest BCUT2D eigenvalue weighted by Crippen LogP contribution is -2.43. The molecule has 0 bridgehead atoms. The fourth-order valence-electron chi connectivity index (χ4n) is 2.87. The summed E-state index contributed by atoms with van der Waals surface area (Å²) in [5.41, 5.74) is 0. The lowest BCUT2D eigenvalue weighted by Gasteiger charge is -2.33. The minimum Gasteiger partial charge on any atom is -0.317 e. The molecule has 0 aliphatic carbocycles. The van der Waals surface area contributed by atoms with E-state index in [9.17, 15) is 0 Å². The summed E-state index contributed by atoms with van der Waals surface area (Å²) in [7, 11) is 0. The molecule has 82 valence electrons. The van der Waals surface area contributed by atoms with Crippen LogP contribution < -0.4 is 10.6 Å². The first-order valence-electron chi connectivity index (χ1n) is 6.30. The molecule has 0 saturated carbocycles. The van der Waals surface area contributed by atoms with Gasteiger partial charge in [0.1, 0.15) is 0 Å². The third kappa shape index (κ3) is 2.71. The molecule has 2 rings (SSSR count). The first kappa shape index (κ1) is 10.4. The van der Waals surface area contributed by atoms with E-state index in [0.29, 0.717) is 0 Å². The molecule has 2 fully saturated rings. The third-order valence-corrected chi connectivity index (χ3v) is 3.89. The van der Waals surface area contributed by atoms with Gasteiger partial charge >= 0.3 is 0 Å². The van der Waals surface area contributed by atoms with Crippen LogP contribution in [0.5, 0.6) is 0 Å². The smallest absolute Gasteiger partial charge is 0.00960 e. The van der Waals surface area contributed by atoms with Gasteiger partial charge in [-0.3, -0.25) is 0 Å². The Kier molecular flexibility index (Phi) is 3.82. The number of hydrogen-bond acceptors (Lipinski definition) is 2. The van der Waals surface area contributed by atoms with Crippen molar-refractivity contribution in [2.24, 2.45) is 11.8 Å². The summed E-state index contributed by atoms with van der Waals surface area (Å²) in [5.74, 6) is 1.84. The van der Waals surface area contributed by atoms with E-state index in [2.05, 4.69) is 17.6 Å². The van der Waals surface area contributed by atoms with Crippen LogP contribution in [0.15, 0.2) is 0 Å². The van der Waals surface area contributed by atoms with Gasteiger partial charge in [0, 0.05) is 6.04 Å². The van der Waals surface area contributed by atoms with Crippen molar-refractivity contribution in [1.82, 2.24) is 10.6 Å². The van der Waals surface area contributed by atoms with Gasteiger partial charge in [0.05, 0.1) is 0 Å². The molecule has 2 nitrogen and oxygen atoms in total. The fraction of sp³-hybridized carbons (Fsp3) is 1.00. The largest absolute Gasteiger partial charge is 0.317 e. The first-order chi connectivity index (χ1) is 6.86. The number of rotatable bonds is 1. The van der Waals surface area contributed by atoms with Gasteiger partial charge < -0.3 is 10.6 Å². The zero-order chi connectivity index (χ0) is 9.80. The molecule has 2 heteroatoms. The normalized spacial score (nSPS) is 40.5. The van der Waals surface area contributed by atoms with Crippen molar-refractivity contribution in [3.05, 3.63) is 0 Å². The highest BCUT2D eigenvalue weighted by molar-refractivity contribution is 4.83. The second-order valence-corrected chi connectivity index (χ2v) is 5.14. The second kappa shape index (κ2) is 5.13. The maximum atomic E-state index is 3.74. The van der Waals surface area contributed by atoms with Crippen molar-refractivity contribution < 1.29 is 0 Å². The van der Waals surface area contributed by atoms with Crippen LogP contribution in [-0.4, -0.2) is 25.7 Å².